The molecule has 0 saturated carbocycles. The quantitative estimate of drug-likeness (QED) is 0.726. The molecule has 0 fully saturated rings. The summed E-state index contributed by atoms with van der Waals surface area (Å²) in [5, 5.41) is 8.50. The second kappa shape index (κ2) is 4.05. The molecule has 78 valence electrons. The second-order valence-electron chi connectivity index (χ2n) is 2.89. The van der Waals surface area contributed by atoms with Crippen LogP contribution < -0.4 is 5.73 Å². The van der Waals surface area contributed by atoms with Crippen LogP contribution >= 0.6 is 0 Å². The zero-order chi connectivity index (χ0) is 11.6. The van der Waals surface area contributed by atoms with Gasteiger partial charge in [-0.3, -0.25) is 0 Å². The van der Waals surface area contributed by atoms with E-state index in [9.17, 15) is 13.2 Å². The largest absolute Gasteiger partial charge is 0.397 e. The Morgan fingerprint density at radius 3 is 2.13 bits per heavy atom. The number of allylic oxidation sites excluding steroid dienone is 1. The Hall–Kier alpha value is -1.96. The van der Waals surface area contributed by atoms with E-state index in [1.807, 2.05) is 0 Å². The molecule has 0 atom stereocenters. The third kappa shape index (κ3) is 2.10. The standard InChI is InChI=1S/C10H7F3N2/c1-5(4-14)10(15)9-7(12)2-6(11)3-8(9)13/h2-3H,15H2,1H3. The van der Waals surface area contributed by atoms with Crippen molar-refractivity contribution >= 4 is 5.70 Å². The predicted molar refractivity (Wildman–Crippen MR) is 48.7 cm³/mol. The average molecular weight is 212 g/mol. The lowest BCUT2D eigenvalue weighted by atomic mass is 10.1. The highest BCUT2D eigenvalue weighted by atomic mass is 19.1. The van der Waals surface area contributed by atoms with Gasteiger partial charge in [0.05, 0.1) is 22.9 Å². The molecule has 0 radical (unpaired) electrons. The SMILES string of the molecule is CC(C#N)=C(N)c1c(F)cc(F)cc1F. The number of nitrogens with two attached hydrogens (primary N) is 1. The highest BCUT2D eigenvalue weighted by Gasteiger charge is 2.15. The van der Waals surface area contributed by atoms with E-state index in [1.165, 1.54) is 6.92 Å². The van der Waals surface area contributed by atoms with E-state index in [1.54, 1.807) is 6.07 Å². The maximum Gasteiger partial charge on any atom is 0.138 e. The first kappa shape index (κ1) is 11.1. The van der Waals surface area contributed by atoms with E-state index >= 15 is 0 Å². The van der Waals surface area contributed by atoms with Gasteiger partial charge in [-0.2, -0.15) is 5.26 Å². The Bertz CT molecular complexity index is 449. The van der Waals surface area contributed by atoms with Crippen LogP contribution in [0.25, 0.3) is 5.70 Å². The average Bonchev–Trinajstić information content (AvgIpc) is 2.14. The molecule has 0 amide bonds. The smallest absolute Gasteiger partial charge is 0.138 e. The zero-order valence-electron chi connectivity index (χ0n) is 7.81. The predicted octanol–water partition coefficient (Wildman–Crippen LogP) is 2.32. The van der Waals surface area contributed by atoms with Crippen molar-refractivity contribution in [2.75, 3.05) is 0 Å². The molecule has 0 saturated heterocycles. The summed E-state index contributed by atoms with van der Waals surface area (Å²) in [4.78, 5) is 0. The van der Waals surface area contributed by atoms with E-state index in [-0.39, 0.29) is 11.3 Å². The van der Waals surface area contributed by atoms with Crippen molar-refractivity contribution in [2.45, 2.75) is 6.92 Å². The molecule has 0 unspecified atom stereocenters. The lowest BCUT2D eigenvalue weighted by Gasteiger charge is -2.06. The van der Waals surface area contributed by atoms with Crippen LogP contribution in [-0.4, -0.2) is 0 Å². The lowest BCUT2D eigenvalue weighted by molar-refractivity contribution is 0.538. The molecule has 0 spiro atoms. The van der Waals surface area contributed by atoms with Crippen LogP contribution in [0.5, 0.6) is 0 Å². The fraction of sp³-hybridized carbons (Fsp3) is 0.100. The van der Waals surface area contributed by atoms with Gasteiger partial charge in [0.15, 0.2) is 0 Å². The molecule has 1 aromatic carbocycles. The summed E-state index contributed by atoms with van der Waals surface area (Å²) in [5.41, 5.74) is 4.43. The van der Waals surface area contributed by atoms with E-state index in [0.29, 0.717) is 12.1 Å². The monoisotopic (exact) mass is 212 g/mol. The molecule has 0 bridgehead atoms. The fourth-order valence-corrected chi connectivity index (χ4v) is 1.05. The van der Waals surface area contributed by atoms with Crippen molar-refractivity contribution in [3.8, 4) is 6.07 Å². The third-order valence-corrected chi connectivity index (χ3v) is 1.85. The Morgan fingerprint density at radius 1 is 1.27 bits per heavy atom. The van der Waals surface area contributed by atoms with Gasteiger partial charge < -0.3 is 5.73 Å². The number of hydrogen-bond donors (Lipinski definition) is 1. The van der Waals surface area contributed by atoms with Gasteiger partial charge in [0.25, 0.3) is 0 Å². The van der Waals surface area contributed by atoms with E-state index in [4.69, 9.17) is 11.0 Å². The highest BCUT2D eigenvalue weighted by molar-refractivity contribution is 5.69. The van der Waals surface area contributed by atoms with Gasteiger partial charge in [0.2, 0.25) is 0 Å². The molecule has 0 heterocycles. The molecular weight excluding hydrogens is 205 g/mol. The minimum Gasteiger partial charge on any atom is -0.397 e. The summed E-state index contributed by atoms with van der Waals surface area (Å²) >= 11 is 0. The van der Waals surface area contributed by atoms with E-state index < -0.39 is 23.0 Å². The molecule has 1 aromatic rings. The van der Waals surface area contributed by atoms with Gasteiger partial charge in [0, 0.05) is 12.1 Å². The zero-order valence-corrected chi connectivity index (χ0v) is 7.81. The molecule has 5 heteroatoms. The first-order valence-electron chi connectivity index (χ1n) is 3.98. The number of benzene rings is 1. The van der Waals surface area contributed by atoms with E-state index in [0.717, 1.165) is 0 Å². The van der Waals surface area contributed by atoms with Gasteiger partial charge in [-0.05, 0) is 6.92 Å². The van der Waals surface area contributed by atoms with Gasteiger partial charge >= 0.3 is 0 Å². The van der Waals surface area contributed by atoms with Crippen molar-refractivity contribution in [3.63, 3.8) is 0 Å². The Balaban J connectivity index is 3.47. The second-order valence-corrected chi connectivity index (χ2v) is 2.89. The van der Waals surface area contributed by atoms with Crippen LogP contribution in [-0.2, 0) is 0 Å². The fourth-order valence-electron chi connectivity index (χ4n) is 1.05. The van der Waals surface area contributed by atoms with Crippen molar-refractivity contribution in [3.05, 3.63) is 40.7 Å². The van der Waals surface area contributed by atoms with Gasteiger partial charge in [0.1, 0.15) is 17.5 Å². The summed E-state index contributed by atoms with van der Waals surface area (Å²) in [5.74, 6) is -3.28. The van der Waals surface area contributed by atoms with Crippen LogP contribution in [0.3, 0.4) is 0 Å². The van der Waals surface area contributed by atoms with Crippen LogP contribution in [0.15, 0.2) is 17.7 Å². The summed E-state index contributed by atoms with van der Waals surface area (Å²) in [6.07, 6.45) is 0. The van der Waals surface area contributed by atoms with Crippen molar-refractivity contribution in [1.29, 1.82) is 5.26 Å². The minimum atomic E-state index is -1.13. The van der Waals surface area contributed by atoms with Crippen molar-refractivity contribution in [1.82, 2.24) is 0 Å². The van der Waals surface area contributed by atoms with Crippen LogP contribution in [0.2, 0.25) is 0 Å². The van der Waals surface area contributed by atoms with Gasteiger partial charge in [-0.25, -0.2) is 13.2 Å². The first-order chi connectivity index (χ1) is 6.97. The molecule has 15 heavy (non-hydrogen) atoms. The van der Waals surface area contributed by atoms with E-state index in [2.05, 4.69) is 0 Å². The lowest BCUT2D eigenvalue weighted by Crippen LogP contribution is -2.05. The normalized spacial score (nSPS) is 11.9. The van der Waals surface area contributed by atoms with Crippen LogP contribution in [0.4, 0.5) is 13.2 Å². The Kier molecular flexibility index (Phi) is 3.00. The summed E-state index contributed by atoms with van der Waals surface area (Å²) in [6, 6.07) is 2.68. The molecule has 0 aromatic heterocycles. The third-order valence-electron chi connectivity index (χ3n) is 1.85. The molecule has 0 aliphatic carbocycles. The maximum absolute atomic E-state index is 13.2. The molecule has 2 nitrogen and oxygen atoms in total. The Labute approximate surface area is 84.4 Å². The van der Waals surface area contributed by atoms with Gasteiger partial charge in [-0.15, -0.1) is 0 Å². The molecule has 2 N–H and O–H groups in total. The van der Waals surface area contributed by atoms with Crippen LogP contribution in [0, 0.1) is 28.8 Å². The number of nitriles is 1. The van der Waals surface area contributed by atoms with Crippen molar-refractivity contribution in [2.24, 2.45) is 5.73 Å². The number of halogens is 3. The summed E-state index contributed by atoms with van der Waals surface area (Å²) in [6.45, 7) is 1.32. The number of nitrogens with zero attached hydrogens (tertiary/aromatic N) is 1. The number of rotatable bonds is 1. The van der Waals surface area contributed by atoms with Gasteiger partial charge in [-0.1, -0.05) is 0 Å². The van der Waals surface area contributed by atoms with Crippen LogP contribution in [0.1, 0.15) is 12.5 Å². The first-order valence-corrected chi connectivity index (χ1v) is 3.98. The summed E-state index contributed by atoms with van der Waals surface area (Å²) in [7, 11) is 0. The maximum atomic E-state index is 13.2. The summed E-state index contributed by atoms with van der Waals surface area (Å²) < 4.78 is 38.9. The number of hydrogen-bond acceptors (Lipinski definition) is 2. The molecular formula is C10H7F3N2. The molecule has 0 aliphatic rings. The Morgan fingerprint density at radius 2 is 1.73 bits per heavy atom. The molecule has 0 aliphatic heterocycles. The molecule has 1 rings (SSSR count). The van der Waals surface area contributed by atoms with Crippen molar-refractivity contribution < 1.29 is 13.2 Å². The minimum absolute atomic E-state index is 0.0283. The topological polar surface area (TPSA) is 49.8 Å². The highest BCUT2D eigenvalue weighted by Crippen LogP contribution is 2.21.